The van der Waals surface area contributed by atoms with Gasteiger partial charge in [0.1, 0.15) is 19.0 Å². The number of nitrogens with one attached hydrogen (secondary N) is 2. The van der Waals surface area contributed by atoms with Gasteiger partial charge in [0.15, 0.2) is 11.5 Å². The molecule has 0 aliphatic carbocycles. The van der Waals surface area contributed by atoms with E-state index in [1.54, 1.807) is 4.68 Å². The molecule has 1 aliphatic rings. The average Bonchev–Trinajstić information content (AvgIpc) is 3.36. The van der Waals surface area contributed by atoms with Crippen LogP contribution in [-0.4, -0.2) is 27.3 Å². The number of amides is 1. The summed E-state index contributed by atoms with van der Waals surface area (Å²) in [5.41, 5.74) is 3.60. The van der Waals surface area contributed by atoms with Crippen LogP contribution in [0.25, 0.3) is 0 Å². The summed E-state index contributed by atoms with van der Waals surface area (Å²) in [7, 11) is 0. The van der Waals surface area contributed by atoms with Gasteiger partial charge in [0.25, 0.3) is 5.91 Å². The van der Waals surface area contributed by atoms with Crippen LogP contribution in [0.3, 0.4) is 0 Å². The highest BCUT2D eigenvalue weighted by atomic mass is 35.5. The molecule has 0 unspecified atom stereocenters. The quantitative estimate of drug-likeness (QED) is 0.306. The Morgan fingerprint density at radius 2 is 1.84 bits per heavy atom. The van der Waals surface area contributed by atoms with E-state index in [0.29, 0.717) is 52.6 Å². The van der Waals surface area contributed by atoms with E-state index in [2.05, 4.69) is 20.7 Å². The molecule has 4 aromatic rings. The molecule has 9 heteroatoms. The van der Waals surface area contributed by atoms with Crippen molar-refractivity contribution in [2.45, 2.75) is 26.5 Å². The van der Waals surface area contributed by atoms with Gasteiger partial charge in [0, 0.05) is 22.0 Å². The van der Waals surface area contributed by atoms with Gasteiger partial charge in [-0.3, -0.25) is 4.79 Å². The van der Waals surface area contributed by atoms with Gasteiger partial charge in [-0.15, -0.1) is 0 Å². The van der Waals surface area contributed by atoms with Gasteiger partial charge in [-0.1, -0.05) is 54.1 Å². The summed E-state index contributed by atoms with van der Waals surface area (Å²) in [6.45, 7) is 4.51. The molecule has 1 aliphatic heterocycles. The fraction of sp³-hybridized carbons (Fsp3) is 0.179. The van der Waals surface area contributed by atoms with E-state index in [9.17, 15) is 4.79 Å². The molecule has 8 nitrogen and oxygen atoms in total. The van der Waals surface area contributed by atoms with Gasteiger partial charge in [0.2, 0.25) is 5.95 Å². The van der Waals surface area contributed by atoms with Crippen molar-refractivity contribution in [1.29, 1.82) is 0 Å². The molecule has 0 bridgehead atoms. The lowest BCUT2D eigenvalue weighted by molar-refractivity contribution is -0.113. The lowest BCUT2D eigenvalue weighted by Crippen LogP contribution is -2.31. The molecule has 3 aromatic carbocycles. The first-order chi connectivity index (χ1) is 18.0. The summed E-state index contributed by atoms with van der Waals surface area (Å²) in [6, 6.07) is 22.0. The lowest BCUT2D eigenvalue weighted by atomic mass is 9.94. The number of hydrogen-bond donors (Lipinski definition) is 2. The Kier molecular flexibility index (Phi) is 7.09. The molecular weight excluding hydrogens is 490 g/mol. The number of para-hydroxylation sites is 1. The normalized spacial score (nSPS) is 14.5. The maximum absolute atomic E-state index is 13.5. The van der Waals surface area contributed by atoms with Crippen LogP contribution < -0.4 is 20.1 Å². The minimum Gasteiger partial charge on any atom is -0.490 e. The largest absolute Gasteiger partial charge is 0.490 e. The second-order valence-electron chi connectivity index (χ2n) is 8.43. The number of carbonyl (C=O) groups excluding carboxylic acids is 1. The van der Waals surface area contributed by atoms with Crippen LogP contribution in [0, 0.1) is 0 Å². The van der Waals surface area contributed by atoms with Crippen LogP contribution in [-0.2, 0) is 11.4 Å². The van der Waals surface area contributed by atoms with Crippen molar-refractivity contribution in [1.82, 2.24) is 14.8 Å². The average molecular weight is 516 g/mol. The first kappa shape index (κ1) is 24.4. The van der Waals surface area contributed by atoms with E-state index in [-0.39, 0.29) is 5.91 Å². The second kappa shape index (κ2) is 10.8. The van der Waals surface area contributed by atoms with Gasteiger partial charge >= 0.3 is 0 Å². The number of fused-ring (bicyclic) bond motifs is 1. The molecule has 0 spiro atoms. The van der Waals surface area contributed by atoms with Crippen molar-refractivity contribution < 1.29 is 14.3 Å². The first-order valence-corrected chi connectivity index (χ1v) is 12.3. The third-order valence-electron chi connectivity index (χ3n) is 6.00. The fourth-order valence-corrected chi connectivity index (χ4v) is 4.46. The maximum Gasteiger partial charge on any atom is 0.255 e. The Morgan fingerprint density at radius 1 is 1.05 bits per heavy atom. The van der Waals surface area contributed by atoms with Crippen LogP contribution in [0.5, 0.6) is 11.5 Å². The highest BCUT2D eigenvalue weighted by Gasteiger charge is 2.34. The molecule has 1 aromatic heterocycles. The first-order valence-electron chi connectivity index (χ1n) is 11.9. The lowest BCUT2D eigenvalue weighted by Gasteiger charge is -2.29. The van der Waals surface area contributed by atoms with Gasteiger partial charge in [-0.25, -0.2) is 4.68 Å². The Hall–Kier alpha value is -4.30. The fourth-order valence-electron chi connectivity index (χ4n) is 4.27. The van der Waals surface area contributed by atoms with Gasteiger partial charge in [-0.05, 0) is 49.7 Å². The maximum atomic E-state index is 13.5. The molecule has 5 rings (SSSR count). The molecular formula is C28H26ClN5O3. The third kappa shape index (κ3) is 5.15. The number of carbonyl (C=O) groups is 1. The Balaban J connectivity index is 1.50. The monoisotopic (exact) mass is 515 g/mol. The van der Waals surface area contributed by atoms with Crippen molar-refractivity contribution >= 4 is 29.1 Å². The number of allylic oxidation sites excluding steroid dienone is 1. The Bertz CT molecular complexity index is 1450. The van der Waals surface area contributed by atoms with Gasteiger partial charge in [-0.2, -0.15) is 10.1 Å². The highest BCUT2D eigenvalue weighted by Crippen LogP contribution is 2.39. The van der Waals surface area contributed by atoms with Crippen LogP contribution in [0.1, 0.15) is 31.0 Å². The van der Waals surface area contributed by atoms with Crippen molar-refractivity contribution in [3.63, 3.8) is 0 Å². The van der Waals surface area contributed by atoms with Crippen LogP contribution in [0.2, 0.25) is 5.02 Å². The van der Waals surface area contributed by atoms with E-state index in [1.165, 1.54) is 6.33 Å². The number of hydrogen-bond acceptors (Lipinski definition) is 6. The zero-order chi connectivity index (χ0) is 25.8. The summed E-state index contributed by atoms with van der Waals surface area (Å²) >= 11 is 6.30. The molecule has 37 heavy (non-hydrogen) atoms. The number of benzene rings is 3. The van der Waals surface area contributed by atoms with E-state index in [0.717, 1.165) is 11.1 Å². The number of halogens is 1. The molecule has 0 radical (unpaired) electrons. The number of aromatic nitrogens is 3. The van der Waals surface area contributed by atoms with E-state index in [4.69, 9.17) is 21.1 Å². The molecule has 1 atom stereocenters. The topological polar surface area (TPSA) is 90.3 Å². The van der Waals surface area contributed by atoms with Crippen molar-refractivity contribution in [2.24, 2.45) is 0 Å². The summed E-state index contributed by atoms with van der Waals surface area (Å²) in [5, 5.41) is 11.2. The predicted molar refractivity (Wildman–Crippen MR) is 143 cm³/mol. The summed E-state index contributed by atoms with van der Waals surface area (Å²) in [6.07, 6.45) is 1.46. The molecule has 0 fully saturated rings. The zero-order valence-electron chi connectivity index (χ0n) is 20.4. The van der Waals surface area contributed by atoms with E-state index >= 15 is 0 Å². The standard InChI is InChI=1S/C28H26ClN5O3/c1-3-36-24-15-19(13-14-23(24)37-16-20-9-7-8-12-22(20)29)26-25(18(2)32-28-30-17-31-34(26)28)27(35)33-21-10-5-4-6-11-21/h4-15,17,26H,3,16H2,1-2H3,(H,33,35)(H,30,31,32)/t26-/m1/s1. The second-order valence-corrected chi connectivity index (χ2v) is 8.84. The third-order valence-corrected chi connectivity index (χ3v) is 6.36. The number of nitrogens with zero attached hydrogens (tertiary/aromatic N) is 3. The SMILES string of the molecule is CCOc1cc([C@@H]2C(C(=O)Nc3ccccc3)=C(C)Nc3ncnn32)ccc1OCc1ccccc1Cl. The molecule has 2 heterocycles. The predicted octanol–water partition coefficient (Wildman–Crippen LogP) is 5.84. The summed E-state index contributed by atoms with van der Waals surface area (Å²) < 4.78 is 13.7. The van der Waals surface area contributed by atoms with E-state index in [1.807, 2.05) is 86.6 Å². The van der Waals surface area contributed by atoms with Crippen molar-refractivity contribution in [3.8, 4) is 11.5 Å². The molecule has 1 amide bonds. The number of ether oxygens (including phenoxy) is 2. The van der Waals surface area contributed by atoms with Crippen LogP contribution in [0.4, 0.5) is 11.6 Å². The van der Waals surface area contributed by atoms with Crippen LogP contribution >= 0.6 is 11.6 Å². The van der Waals surface area contributed by atoms with Gasteiger partial charge < -0.3 is 20.1 Å². The Morgan fingerprint density at radius 3 is 2.62 bits per heavy atom. The smallest absolute Gasteiger partial charge is 0.255 e. The minimum absolute atomic E-state index is 0.237. The van der Waals surface area contributed by atoms with Crippen molar-refractivity contribution in [2.75, 3.05) is 17.2 Å². The molecule has 188 valence electrons. The molecule has 0 saturated heterocycles. The van der Waals surface area contributed by atoms with E-state index < -0.39 is 6.04 Å². The molecule has 2 N–H and O–H groups in total. The number of anilines is 2. The zero-order valence-corrected chi connectivity index (χ0v) is 21.2. The molecule has 0 saturated carbocycles. The minimum atomic E-state index is -0.528. The summed E-state index contributed by atoms with van der Waals surface area (Å²) in [5.74, 6) is 1.46. The highest BCUT2D eigenvalue weighted by molar-refractivity contribution is 6.31. The number of rotatable bonds is 8. The summed E-state index contributed by atoms with van der Waals surface area (Å²) in [4.78, 5) is 17.8. The Labute approximate surface area is 219 Å². The van der Waals surface area contributed by atoms with Crippen LogP contribution in [0.15, 0.2) is 90.4 Å². The van der Waals surface area contributed by atoms with Crippen molar-refractivity contribution in [3.05, 3.63) is 107 Å². The van der Waals surface area contributed by atoms with Gasteiger partial charge in [0.05, 0.1) is 12.2 Å².